The average molecular weight is 781 g/mol. The topological polar surface area (TPSA) is 0 Å². The molecule has 0 saturated heterocycles. The largest absolute Gasteiger partial charge is 0.0616 e. The molecule has 14 aromatic carbocycles. The van der Waals surface area contributed by atoms with Crippen LogP contribution in [0.15, 0.2) is 218 Å². The molecule has 0 aliphatic carbocycles. The lowest BCUT2D eigenvalue weighted by molar-refractivity contribution is 1.66. The van der Waals surface area contributed by atoms with Crippen LogP contribution in [-0.2, 0) is 0 Å². The Morgan fingerprint density at radius 3 is 0.516 bits per heavy atom. The second-order valence-electron chi connectivity index (χ2n) is 17.5. The fourth-order valence-corrected chi connectivity index (χ4v) is 10.4. The Labute approximate surface area is 357 Å². The Balaban J connectivity index is 0.813. The first-order chi connectivity index (χ1) is 30.6. The molecule has 0 N–H and O–H groups in total. The zero-order chi connectivity index (χ0) is 40.5. The molecule has 62 heavy (non-hydrogen) atoms. The number of benzene rings is 14. The summed E-state index contributed by atoms with van der Waals surface area (Å²) < 4.78 is 0. The summed E-state index contributed by atoms with van der Waals surface area (Å²) in [6, 6.07) is 82.4. The molecule has 0 heteroatoms. The van der Waals surface area contributed by atoms with Gasteiger partial charge in [0.15, 0.2) is 0 Å². The van der Waals surface area contributed by atoms with E-state index in [1.165, 1.54) is 141 Å². The maximum atomic E-state index is 2.37. The highest BCUT2D eigenvalue weighted by atomic mass is 14.1. The van der Waals surface area contributed by atoms with Crippen LogP contribution >= 0.6 is 0 Å². The van der Waals surface area contributed by atoms with Gasteiger partial charge in [-0.05, 0) is 262 Å². The molecule has 0 nitrogen and oxygen atoms in total. The Morgan fingerprint density at radius 2 is 0.274 bits per heavy atom. The first kappa shape index (κ1) is 33.7. The van der Waals surface area contributed by atoms with E-state index in [1.54, 1.807) is 0 Å². The maximum Gasteiger partial charge on any atom is -0.0171 e. The summed E-state index contributed by atoms with van der Waals surface area (Å²) in [4.78, 5) is 0. The summed E-state index contributed by atoms with van der Waals surface area (Å²) >= 11 is 0. The number of fused-ring (bicyclic) bond motifs is 11. The van der Waals surface area contributed by atoms with Crippen molar-refractivity contribution < 1.29 is 0 Å². The summed E-state index contributed by atoms with van der Waals surface area (Å²) in [6.45, 7) is 0. The first-order valence-corrected chi connectivity index (χ1v) is 21.6. The molecule has 0 heterocycles. The zero-order valence-corrected chi connectivity index (χ0v) is 33.8. The van der Waals surface area contributed by atoms with Crippen LogP contribution in [0.1, 0.15) is 0 Å². The molecule has 0 unspecified atom stereocenters. The van der Waals surface area contributed by atoms with Crippen LogP contribution in [0.4, 0.5) is 0 Å². The van der Waals surface area contributed by atoms with Crippen LogP contribution in [0.25, 0.3) is 141 Å². The summed E-state index contributed by atoms with van der Waals surface area (Å²) in [5, 5.41) is 28.0. The highest BCUT2D eigenvalue weighted by Gasteiger charge is 2.10. The number of rotatable bonds is 2. The van der Waals surface area contributed by atoms with E-state index in [1.807, 2.05) is 0 Å². The molecule has 0 aliphatic rings. The third-order valence-electron chi connectivity index (χ3n) is 13.6. The standard InChI is InChI=1S/C62H36/c1-3-7-40-19-53-31-61-35-57-27-49-23-44(13-15-46(49)25-55(57)33-59(61)29-51(53)17-38(40)5-1)42-11-9-37-10-12-43(22-48(37)21-42)45-14-16-47-26-56-34-60-30-52-18-39-6-2-4-8-41(39)20-54(52)32-62(60)36-58(56)28-50(47)24-45/h1-36H. The van der Waals surface area contributed by atoms with E-state index in [2.05, 4.69) is 218 Å². The fraction of sp³-hybridized carbons (Fsp3) is 0. The molecule has 0 radical (unpaired) electrons. The summed E-state index contributed by atoms with van der Waals surface area (Å²) in [5.41, 5.74) is 4.92. The van der Waals surface area contributed by atoms with Crippen molar-refractivity contribution in [1.82, 2.24) is 0 Å². The minimum atomic E-state index is 1.23. The SMILES string of the molecule is c1ccc2cc3cc4cc5cc6cc(-c7ccc8ccc(-c9ccc%10cc%11cc%12cc%13cc%14ccccc%14cc%13cc%12cc%11cc%10c9)cc8c7)ccc6cc5cc4cc3cc2c1. The minimum absolute atomic E-state index is 1.23. The van der Waals surface area contributed by atoms with Crippen LogP contribution in [0.5, 0.6) is 0 Å². The number of hydrogen-bond donors (Lipinski definition) is 0. The van der Waals surface area contributed by atoms with Gasteiger partial charge in [0.25, 0.3) is 0 Å². The Kier molecular flexibility index (Phi) is 6.92. The van der Waals surface area contributed by atoms with Gasteiger partial charge in [0.2, 0.25) is 0 Å². The van der Waals surface area contributed by atoms with E-state index in [0.717, 1.165) is 0 Å². The maximum absolute atomic E-state index is 2.37. The molecule has 0 aliphatic heterocycles. The van der Waals surface area contributed by atoms with E-state index in [0.29, 0.717) is 0 Å². The van der Waals surface area contributed by atoms with Crippen molar-refractivity contribution in [2.75, 3.05) is 0 Å². The molecule has 0 bridgehead atoms. The number of hydrogen-bond acceptors (Lipinski definition) is 0. The molecule has 0 fully saturated rings. The fourth-order valence-electron chi connectivity index (χ4n) is 10.4. The average Bonchev–Trinajstić information content (AvgIpc) is 3.30. The molecule has 0 atom stereocenters. The molecule has 0 saturated carbocycles. The van der Waals surface area contributed by atoms with Crippen LogP contribution < -0.4 is 0 Å². The Hall–Kier alpha value is -8.06. The van der Waals surface area contributed by atoms with Gasteiger partial charge in [-0.1, -0.05) is 97.1 Å². The van der Waals surface area contributed by atoms with Crippen molar-refractivity contribution in [3.8, 4) is 22.3 Å². The zero-order valence-electron chi connectivity index (χ0n) is 33.8. The smallest absolute Gasteiger partial charge is 0.0171 e. The monoisotopic (exact) mass is 780 g/mol. The highest BCUT2D eigenvalue weighted by Crippen LogP contribution is 2.37. The van der Waals surface area contributed by atoms with Gasteiger partial charge in [-0.3, -0.25) is 0 Å². The van der Waals surface area contributed by atoms with Crippen LogP contribution in [0, 0.1) is 0 Å². The predicted octanol–water partition coefficient (Wildman–Crippen LogP) is 17.7. The van der Waals surface area contributed by atoms with E-state index in [4.69, 9.17) is 0 Å². The summed E-state index contributed by atoms with van der Waals surface area (Å²) in [5.74, 6) is 0. The molecular weight excluding hydrogens is 745 g/mol. The Morgan fingerprint density at radius 1 is 0.113 bits per heavy atom. The molecule has 284 valence electrons. The lowest BCUT2D eigenvalue weighted by atomic mass is 9.93. The lowest BCUT2D eigenvalue weighted by Crippen LogP contribution is -1.85. The van der Waals surface area contributed by atoms with Gasteiger partial charge in [0.05, 0.1) is 0 Å². The molecule has 0 aromatic heterocycles. The summed E-state index contributed by atoms with van der Waals surface area (Å²) in [7, 11) is 0. The van der Waals surface area contributed by atoms with Crippen LogP contribution in [0.3, 0.4) is 0 Å². The second kappa shape index (κ2) is 12.7. The van der Waals surface area contributed by atoms with Gasteiger partial charge >= 0.3 is 0 Å². The van der Waals surface area contributed by atoms with Crippen molar-refractivity contribution in [2.45, 2.75) is 0 Å². The minimum Gasteiger partial charge on any atom is -0.0616 e. The van der Waals surface area contributed by atoms with E-state index >= 15 is 0 Å². The Bertz CT molecular complexity index is 3990. The van der Waals surface area contributed by atoms with Gasteiger partial charge in [0.1, 0.15) is 0 Å². The van der Waals surface area contributed by atoms with Gasteiger partial charge in [0, 0.05) is 0 Å². The van der Waals surface area contributed by atoms with Crippen molar-refractivity contribution in [3.63, 3.8) is 0 Å². The highest BCUT2D eigenvalue weighted by molar-refractivity contribution is 6.12. The molecule has 14 rings (SSSR count). The van der Waals surface area contributed by atoms with Gasteiger partial charge in [-0.15, -0.1) is 0 Å². The molecule has 14 aromatic rings. The first-order valence-electron chi connectivity index (χ1n) is 21.6. The molecule has 0 amide bonds. The van der Waals surface area contributed by atoms with Gasteiger partial charge < -0.3 is 0 Å². The predicted molar refractivity (Wildman–Crippen MR) is 270 cm³/mol. The van der Waals surface area contributed by atoms with E-state index in [9.17, 15) is 0 Å². The molecular formula is C62H36. The van der Waals surface area contributed by atoms with E-state index in [-0.39, 0.29) is 0 Å². The van der Waals surface area contributed by atoms with Crippen LogP contribution in [-0.4, -0.2) is 0 Å². The van der Waals surface area contributed by atoms with Gasteiger partial charge in [-0.25, -0.2) is 0 Å². The van der Waals surface area contributed by atoms with Gasteiger partial charge in [-0.2, -0.15) is 0 Å². The third kappa shape index (κ3) is 5.40. The van der Waals surface area contributed by atoms with Crippen molar-refractivity contribution in [1.29, 1.82) is 0 Å². The van der Waals surface area contributed by atoms with E-state index < -0.39 is 0 Å². The lowest BCUT2D eigenvalue weighted by Gasteiger charge is -2.11. The second-order valence-corrected chi connectivity index (χ2v) is 17.5. The van der Waals surface area contributed by atoms with Crippen molar-refractivity contribution in [2.24, 2.45) is 0 Å². The normalized spacial score (nSPS) is 12.2. The third-order valence-corrected chi connectivity index (χ3v) is 13.6. The molecule has 0 spiro atoms. The quantitative estimate of drug-likeness (QED) is 0.153. The van der Waals surface area contributed by atoms with Crippen molar-refractivity contribution in [3.05, 3.63) is 218 Å². The van der Waals surface area contributed by atoms with Crippen molar-refractivity contribution >= 4 is 118 Å². The van der Waals surface area contributed by atoms with Crippen LogP contribution in [0.2, 0.25) is 0 Å². The summed E-state index contributed by atoms with van der Waals surface area (Å²) in [6.07, 6.45) is 0.